The molecule has 0 aliphatic rings. The number of furan rings is 1. The molecule has 0 atom stereocenters. The fraction of sp³-hybridized carbons (Fsp3) is 0.0526. The van der Waals surface area contributed by atoms with Crippen molar-refractivity contribution in [3.05, 3.63) is 77.6 Å². The monoisotopic (exact) mass is 392 g/mol. The van der Waals surface area contributed by atoms with E-state index in [9.17, 15) is 27.2 Å². The van der Waals surface area contributed by atoms with Crippen LogP contribution in [0.4, 0.5) is 23.2 Å². The van der Waals surface area contributed by atoms with Gasteiger partial charge in [-0.15, -0.1) is 0 Å². The first-order chi connectivity index (χ1) is 13.3. The molecule has 0 saturated carbocycles. The zero-order valence-corrected chi connectivity index (χ0v) is 14.1. The van der Waals surface area contributed by atoms with E-state index in [-0.39, 0.29) is 5.76 Å². The van der Waals surface area contributed by atoms with Crippen LogP contribution in [0.1, 0.15) is 10.6 Å². The molecule has 9 heteroatoms. The van der Waals surface area contributed by atoms with Crippen LogP contribution in [-0.2, 0) is 4.79 Å². The van der Waals surface area contributed by atoms with Crippen LogP contribution in [-0.4, -0.2) is 18.4 Å². The smallest absolute Gasteiger partial charge is 0.287 e. The number of carbonyl (C=O) groups is 2. The standard InChI is InChI=1S/C19H12F4N2O3/c20-11-3-1-10(2-4-11)14-7-8-15(28-14)19(27)24-9-16(26)25-13-6-5-12(21)17(22)18(13)23/h1-8H,9H2,(H,24,27)(H,25,26). The molecule has 1 heterocycles. The Bertz CT molecular complexity index is 1030. The van der Waals surface area contributed by atoms with E-state index in [1.807, 2.05) is 5.32 Å². The molecule has 0 spiro atoms. The number of nitrogens with one attached hydrogen (secondary N) is 2. The van der Waals surface area contributed by atoms with Gasteiger partial charge < -0.3 is 15.1 Å². The molecule has 0 saturated heterocycles. The molecule has 0 bridgehead atoms. The summed E-state index contributed by atoms with van der Waals surface area (Å²) in [5.74, 6) is -6.45. The Kier molecular flexibility index (Phi) is 5.44. The van der Waals surface area contributed by atoms with E-state index >= 15 is 0 Å². The van der Waals surface area contributed by atoms with Gasteiger partial charge in [0.1, 0.15) is 11.6 Å². The first-order valence-electron chi connectivity index (χ1n) is 7.92. The van der Waals surface area contributed by atoms with Crippen LogP contribution >= 0.6 is 0 Å². The van der Waals surface area contributed by atoms with Crippen LogP contribution in [0.15, 0.2) is 52.9 Å². The minimum Gasteiger partial charge on any atom is -0.451 e. The average molecular weight is 392 g/mol. The van der Waals surface area contributed by atoms with Gasteiger partial charge in [-0.05, 0) is 48.5 Å². The van der Waals surface area contributed by atoms with Crippen LogP contribution in [0.3, 0.4) is 0 Å². The minimum atomic E-state index is -1.72. The van der Waals surface area contributed by atoms with Gasteiger partial charge in [0.2, 0.25) is 5.91 Å². The fourth-order valence-corrected chi connectivity index (χ4v) is 2.29. The second kappa shape index (κ2) is 7.95. The highest BCUT2D eigenvalue weighted by molar-refractivity contribution is 5.98. The van der Waals surface area contributed by atoms with E-state index in [0.717, 1.165) is 6.07 Å². The Morgan fingerprint density at radius 1 is 0.857 bits per heavy atom. The van der Waals surface area contributed by atoms with E-state index in [4.69, 9.17) is 4.42 Å². The third-order valence-corrected chi connectivity index (χ3v) is 3.68. The molecule has 1 aromatic heterocycles. The topological polar surface area (TPSA) is 71.3 Å². The highest BCUT2D eigenvalue weighted by Gasteiger charge is 2.17. The molecule has 0 unspecified atom stereocenters. The average Bonchev–Trinajstić information content (AvgIpc) is 3.17. The maximum Gasteiger partial charge on any atom is 0.287 e. The number of carbonyl (C=O) groups excluding carboxylic acids is 2. The lowest BCUT2D eigenvalue weighted by Crippen LogP contribution is -2.32. The van der Waals surface area contributed by atoms with Gasteiger partial charge in [0.25, 0.3) is 5.91 Å². The van der Waals surface area contributed by atoms with Crippen molar-refractivity contribution in [2.24, 2.45) is 0 Å². The molecule has 5 nitrogen and oxygen atoms in total. The fourth-order valence-electron chi connectivity index (χ4n) is 2.29. The molecule has 2 aromatic carbocycles. The van der Waals surface area contributed by atoms with Crippen molar-refractivity contribution in [2.45, 2.75) is 0 Å². The highest BCUT2D eigenvalue weighted by Crippen LogP contribution is 2.22. The highest BCUT2D eigenvalue weighted by atomic mass is 19.2. The molecule has 2 N–H and O–H groups in total. The summed E-state index contributed by atoms with van der Waals surface area (Å²) in [6.45, 7) is -0.566. The van der Waals surface area contributed by atoms with Gasteiger partial charge in [0, 0.05) is 5.56 Å². The number of benzene rings is 2. The van der Waals surface area contributed by atoms with E-state index in [2.05, 4.69) is 5.32 Å². The zero-order valence-electron chi connectivity index (χ0n) is 14.1. The zero-order chi connectivity index (χ0) is 20.3. The van der Waals surface area contributed by atoms with Gasteiger partial charge in [0.05, 0.1) is 12.2 Å². The van der Waals surface area contributed by atoms with Crippen molar-refractivity contribution in [2.75, 3.05) is 11.9 Å². The van der Waals surface area contributed by atoms with Crippen molar-refractivity contribution < 1.29 is 31.6 Å². The summed E-state index contributed by atoms with van der Waals surface area (Å²) >= 11 is 0. The van der Waals surface area contributed by atoms with Crippen molar-refractivity contribution in [3.8, 4) is 11.3 Å². The normalized spacial score (nSPS) is 10.6. The summed E-state index contributed by atoms with van der Waals surface area (Å²) in [6.07, 6.45) is 0. The third kappa shape index (κ3) is 4.20. The lowest BCUT2D eigenvalue weighted by atomic mass is 10.2. The van der Waals surface area contributed by atoms with Crippen LogP contribution in [0.25, 0.3) is 11.3 Å². The Balaban J connectivity index is 1.59. The van der Waals surface area contributed by atoms with Gasteiger partial charge in [-0.2, -0.15) is 0 Å². The largest absolute Gasteiger partial charge is 0.451 e. The number of hydrogen-bond acceptors (Lipinski definition) is 3. The first kappa shape index (κ1) is 19.2. The maximum atomic E-state index is 13.5. The Labute approximate surface area is 156 Å². The molecular weight excluding hydrogens is 380 g/mol. The summed E-state index contributed by atoms with van der Waals surface area (Å²) in [4.78, 5) is 23.8. The molecule has 2 amide bonds. The molecule has 28 heavy (non-hydrogen) atoms. The van der Waals surface area contributed by atoms with Crippen LogP contribution in [0, 0.1) is 23.3 Å². The predicted molar refractivity (Wildman–Crippen MR) is 91.4 cm³/mol. The Hall–Kier alpha value is -3.62. The number of amides is 2. The van der Waals surface area contributed by atoms with Crippen molar-refractivity contribution >= 4 is 17.5 Å². The lowest BCUT2D eigenvalue weighted by molar-refractivity contribution is -0.115. The van der Waals surface area contributed by atoms with Gasteiger partial charge >= 0.3 is 0 Å². The quantitative estimate of drug-likeness (QED) is 0.512. The lowest BCUT2D eigenvalue weighted by Gasteiger charge is -2.08. The minimum absolute atomic E-state index is 0.105. The predicted octanol–water partition coefficient (Wildman–Crippen LogP) is 3.87. The Morgan fingerprint density at radius 2 is 1.57 bits per heavy atom. The van der Waals surface area contributed by atoms with Crippen LogP contribution < -0.4 is 10.6 Å². The summed E-state index contributed by atoms with van der Waals surface area (Å²) < 4.78 is 57.8. The van der Waals surface area contributed by atoms with Gasteiger partial charge in [-0.3, -0.25) is 9.59 Å². The van der Waals surface area contributed by atoms with Gasteiger partial charge in [-0.25, -0.2) is 17.6 Å². The van der Waals surface area contributed by atoms with Gasteiger partial charge in [-0.1, -0.05) is 0 Å². The third-order valence-electron chi connectivity index (χ3n) is 3.68. The maximum absolute atomic E-state index is 13.5. The summed E-state index contributed by atoms with van der Waals surface area (Å²) in [5, 5.41) is 4.26. The SMILES string of the molecule is O=C(CNC(=O)c1ccc(-c2ccc(F)cc2)o1)Nc1ccc(F)c(F)c1F. The number of hydrogen-bond donors (Lipinski definition) is 2. The number of anilines is 1. The van der Waals surface area contributed by atoms with Crippen LogP contribution in [0.5, 0.6) is 0 Å². The summed E-state index contributed by atoms with van der Waals surface area (Å²) in [6, 6.07) is 9.79. The second-order valence-corrected chi connectivity index (χ2v) is 5.62. The van der Waals surface area contributed by atoms with E-state index < -0.39 is 47.3 Å². The molecule has 0 fully saturated rings. The molecule has 0 aliphatic carbocycles. The van der Waals surface area contributed by atoms with Crippen molar-refractivity contribution in [1.82, 2.24) is 5.32 Å². The molecule has 0 aliphatic heterocycles. The molecule has 144 valence electrons. The van der Waals surface area contributed by atoms with E-state index in [1.54, 1.807) is 0 Å². The van der Waals surface area contributed by atoms with E-state index in [0.29, 0.717) is 17.4 Å². The Morgan fingerprint density at radius 3 is 2.29 bits per heavy atom. The summed E-state index contributed by atoms with van der Waals surface area (Å²) in [5.41, 5.74) is -0.0123. The first-order valence-corrected chi connectivity index (χ1v) is 7.92. The molecular formula is C19H12F4N2O3. The molecule has 3 rings (SSSR count). The molecule has 0 radical (unpaired) electrons. The van der Waals surface area contributed by atoms with Crippen molar-refractivity contribution in [1.29, 1.82) is 0 Å². The number of rotatable bonds is 5. The number of halogens is 4. The van der Waals surface area contributed by atoms with E-state index in [1.165, 1.54) is 36.4 Å². The van der Waals surface area contributed by atoms with Crippen LogP contribution in [0.2, 0.25) is 0 Å². The van der Waals surface area contributed by atoms with Gasteiger partial charge in [0.15, 0.2) is 23.2 Å². The summed E-state index contributed by atoms with van der Waals surface area (Å²) in [7, 11) is 0. The molecule has 3 aromatic rings. The second-order valence-electron chi connectivity index (χ2n) is 5.62. The van der Waals surface area contributed by atoms with Crippen molar-refractivity contribution in [3.63, 3.8) is 0 Å².